The van der Waals surface area contributed by atoms with E-state index in [1.165, 1.54) is 4.88 Å². The molecule has 0 radical (unpaired) electrons. The van der Waals surface area contributed by atoms with Crippen molar-refractivity contribution >= 4 is 22.9 Å². The Hall–Kier alpha value is -0.0900. The third kappa shape index (κ3) is 5.38. The number of halogens is 1. The number of nitrogens with zero attached hydrogens (tertiary/aromatic N) is 1. The predicted octanol–water partition coefficient (Wildman–Crippen LogP) is 3.61. The minimum Gasteiger partial charge on any atom is -0.311 e. The van der Waals surface area contributed by atoms with Crippen molar-refractivity contribution in [1.29, 1.82) is 0 Å². The largest absolute Gasteiger partial charge is 0.311 e. The highest BCUT2D eigenvalue weighted by Crippen LogP contribution is 2.18. The van der Waals surface area contributed by atoms with Crippen molar-refractivity contribution in [2.75, 3.05) is 13.1 Å². The van der Waals surface area contributed by atoms with E-state index in [1.54, 1.807) is 11.3 Å². The van der Waals surface area contributed by atoms with E-state index in [4.69, 9.17) is 11.6 Å². The second kappa shape index (κ2) is 7.37. The zero-order chi connectivity index (χ0) is 12.8. The molecule has 0 saturated heterocycles. The first kappa shape index (κ1) is 15.0. The van der Waals surface area contributed by atoms with E-state index in [-0.39, 0.29) is 0 Å². The highest BCUT2D eigenvalue weighted by molar-refractivity contribution is 7.10. The zero-order valence-electron chi connectivity index (χ0n) is 11.2. The van der Waals surface area contributed by atoms with Crippen molar-refractivity contribution in [1.82, 2.24) is 10.2 Å². The Bertz CT molecular complexity index is 315. The molecule has 0 atom stereocenters. The Kier molecular flexibility index (Phi) is 6.49. The molecule has 1 heterocycles. The number of hydrogen-bond donors (Lipinski definition) is 1. The van der Waals surface area contributed by atoms with Crippen LogP contribution in [0.3, 0.4) is 0 Å². The van der Waals surface area contributed by atoms with Crippen molar-refractivity contribution < 1.29 is 0 Å². The summed E-state index contributed by atoms with van der Waals surface area (Å²) in [7, 11) is 0. The van der Waals surface area contributed by atoms with Gasteiger partial charge in [-0.3, -0.25) is 4.90 Å². The molecule has 0 aliphatic rings. The van der Waals surface area contributed by atoms with Crippen molar-refractivity contribution in [3.8, 4) is 0 Å². The fourth-order valence-electron chi connectivity index (χ4n) is 1.98. The second-order valence-corrected chi connectivity index (χ2v) is 6.27. The summed E-state index contributed by atoms with van der Waals surface area (Å²) in [5, 5.41) is 6.29. The minimum absolute atomic E-state index is 0.605. The van der Waals surface area contributed by atoms with Crippen LogP contribution >= 0.6 is 22.9 Å². The molecule has 1 aromatic heterocycles. The summed E-state index contributed by atoms with van der Waals surface area (Å²) in [5.41, 5.74) is 0. The Morgan fingerprint density at radius 3 is 2.41 bits per heavy atom. The molecule has 0 unspecified atom stereocenters. The Morgan fingerprint density at radius 1 is 1.29 bits per heavy atom. The third-order valence-electron chi connectivity index (χ3n) is 2.79. The molecule has 0 saturated carbocycles. The summed E-state index contributed by atoms with van der Waals surface area (Å²) < 4.78 is 0. The van der Waals surface area contributed by atoms with Gasteiger partial charge in [-0.05, 0) is 33.8 Å². The van der Waals surface area contributed by atoms with Crippen molar-refractivity contribution in [3.63, 3.8) is 0 Å². The second-order valence-electron chi connectivity index (χ2n) is 4.83. The molecule has 0 amide bonds. The average molecular weight is 275 g/mol. The molecular weight excluding hydrogens is 252 g/mol. The standard InChI is InChI=1S/C13H23ClN2S/c1-10(2)16(11(3)4)6-5-15-8-13-7-12(14)9-17-13/h7,9-11,15H,5-6,8H2,1-4H3. The van der Waals surface area contributed by atoms with E-state index in [0.717, 1.165) is 24.7 Å². The topological polar surface area (TPSA) is 15.3 Å². The fourth-order valence-corrected chi connectivity index (χ4v) is 3.02. The van der Waals surface area contributed by atoms with Gasteiger partial charge in [-0.15, -0.1) is 11.3 Å². The van der Waals surface area contributed by atoms with Gasteiger partial charge in [0.1, 0.15) is 0 Å². The van der Waals surface area contributed by atoms with Gasteiger partial charge in [0, 0.05) is 42.0 Å². The number of hydrogen-bond acceptors (Lipinski definition) is 3. The Labute approximate surface area is 114 Å². The maximum absolute atomic E-state index is 5.88. The van der Waals surface area contributed by atoms with Crippen LogP contribution in [0.1, 0.15) is 32.6 Å². The van der Waals surface area contributed by atoms with Crippen molar-refractivity contribution in [3.05, 3.63) is 21.3 Å². The van der Waals surface area contributed by atoms with Gasteiger partial charge in [0.2, 0.25) is 0 Å². The third-order valence-corrected chi connectivity index (χ3v) is 4.08. The van der Waals surface area contributed by atoms with E-state index in [9.17, 15) is 0 Å². The maximum Gasteiger partial charge on any atom is 0.0516 e. The molecule has 1 rings (SSSR count). The lowest BCUT2D eigenvalue weighted by atomic mass is 10.2. The Balaban J connectivity index is 2.23. The van der Waals surface area contributed by atoms with Gasteiger partial charge in [-0.1, -0.05) is 11.6 Å². The van der Waals surface area contributed by atoms with E-state index < -0.39 is 0 Å². The van der Waals surface area contributed by atoms with Gasteiger partial charge in [0.05, 0.1) is 5.02 Å². The molecule has 0 fully saturated rings. The summed E-state index contributed by atoms with van der Waals surface area (Å²) in [6.07, 6.45) is 0. The lowest BCUT2D eigenvalue weighted by molar-refractivity contribution is 0.176. The smallest absolute Gasteiger partial charge is 0.0516 e. The van der Waals surface area contributed by atoms with E-state index in [1.807, 2.05) is 11.4 Å². The van der Waals surface area contributed by atoms with Crippen LogP contribution in [0, 0.1) is 0 Å². The van der Waals surface area contributed by atoms with Crippen LogP contribution < -0.4 is 5.32 Å². The first-order chi connectivity index (χ1) is 8.00. The molecule has 0 aliphatic carbocycles. The maximum atomic E-state index is 5.88. The molecule has 1 N–H and O–H groups in total. The average Bonchev–Trinajstić information content (AvgIpc) is 2.62. The predicted molar refractivity (Wildman–Crippen MR) is 78.0 cm³/mol. The van der Waals surface area contributed by atoms with Crippen molar-refractivity contribution in [2.24, 2.45) is 0 Å². The molecule has 0 bridgehead atoms. The van der Waals surface area contributed by atoms with Gasteiger partial charge in [-0.25, -0.2) is 0 Å². The molecular formula is C13H23ClN2S. The highest BCUT2D eigenvalue weighted by atomic mass is 35.5. The monoisotopic (exact) mass is 274 g/mol. The SMILES string of the molecule is CC(C)N(CCNCc1cc(Cl)cs1)C(C)C. The lowest BCUT2D eigenvalue weighted by Crippen LogP contribution is -2.41. The van der Waals surface area contributed by atoms with Crippen molar-refractivity contribution in [2.45, 2.75) is 46.3 Å². The van der Waals surface area contributed by atoms with Gasteiger partial charge in [0.15, 0.2) is 0 Å². The molecule has 98 valence electrons. The highest BCUT2D eigenvalue weighted by Gasteiger charge is 2.12. The molecule has 0 aromatic carbocycles. The zero-order valence-corrected chi connectivity index (χ0v) is 12.7. The number of rotatable bonds is 7. The van der Waals surface area contributed by atoms with Crippen LogP contribution in [0.2, 0.25) is 5.02 Å². The molecule has 2 nitrogen and oxygen atoms in total. The molecule has 1 aromatic rings. The first-order valence-corrected chi connectivity index (χ1v) is 7.46. The number of thiophene rings is 1. The lowest BCUT2D eigenvalue weighted by Gasteiger charge is -2.30. The summed E-state index contributed by atoms with van der Waals surface area (Å²) in [4.78, 5) is 3.80. The van der Waals surface area contributed by atoms with Crippen LogP contribution in [0.15, 0.2) is 11.4 Å². The van der Waals surface area contributed by atoms with E-state index in [0.29, 0.717) is 12.1 Å². The van der Waals surface area contributed by atoms with Crippen LogP contribution in [-0.4, -0.2) is 30.1 Å². The van der Waals surface area contributed by atoms with Crippen LogP contribution in [0.25, 0.3) is 0 Å². The van der Waals surface area contributed by atoms with Gasteiger partial charge in [-0.2, -0.15) is 0 Å². The first-order valence-electron chi connectivity index (χ1n) is 6.20. The summed E-state index contributed by atoms with van der Waals surface area (Å²) in [5.74, 6) is 0. The van der Waals surface area contributed by atoms with Gasteiger partial charge < -0.3 is 5.32 Å². The fraction of sp³-hybridized carbons (Fsp3) is 0.692. The molecule has 0 aliphatic heterocycles. The van der Waals surface area contributed by atoms with Crippen LogP contribution in [-0.2, 0) is 6.54 Å². The van der Waals surface area contributed by atoms with E-state index in [2.05, 4.69) is 37.9 Å². The summed E-state index contributed by atoms with van der Waals surface area (Å²) in [6.45, 7) is 12.0. The summed E-state index contributed by atoms with van der Waals surface area (Å²) in [6, 6.07) is 3.24. The minimum atomic E-state index is 0.605. The molecule has 0 spiro atoms. The van der Waals surface area contributed by atoms with E-state index >= 15 is 0 Å². The number of nitrogens with one attached hydrogen (secondary N) is 1. The molecule has 4 heteroatoms. The Morgan fingerprint density at radius 2 is 1.94 bits per heavy atom. The normalized spacial score (nSPS) is 12.0. The quantitative estimate of drug-likeness (QED) is 0.764. The molecule has 17 heavy (non-hydrogen) atoms. The van der Waals surface area contributed by atoms with Gasteiger partial charge >= 0.3 is 0 Å². The van der Waals surface area contributed by atoms with Gasteiger partial charge in [0.25, 0.3) is 0 Å². The van der Waals surface area contributed by atoms with Crippen LogP contribution in [0.4, 0.5) is 0 Å². The summed E-state index contributed by atoms with van der Waals surface area (Å²) >= 11 is 7.59. The van der Waals surface area contributed by atoms with Crippen LogP contribution in [0.5, 0.6) is 0 Å².